The Hall–Kier alpha value is -2.04. The van der Waals surface area contributed by atoms with Crippen LogP contribution in [0.5, 0.6) is 5.75 Å². The molecular formula is C16H24N2O3. The molecule has 0 aromatic heterocycles. The first-order valence-corrected chi connectivity index (χ1v) is 7.16. The minimum atomic E-state index is -0.267. The minimum absolute atomic E-state index is 0.0570. The van der Waals surface area contributed by atoms with Crippen LogP contribution in [0.3, 0.4) is 0 Å². The van der Waals surface area contributed by atoms with E-state index in [0.29, 0.717) is 11.3 Å². The number of amidine groups is 1. The molecule has 1 atom stereocenters. The molecule has 0 aliphatic carbocycles. The van der Waals surface area contributed by atoms with E-state index in [2.05, 4.69) is 10.3 Å². The zero-order valence-corrected chi connectivity index (χ0v) is 13.3. The predicted octanol–water partition coefficient (Wildman–Crippen LogP) is 3.00. The molecular weight excluding hydrogens is 268 g/mol. The standard InChI is InChI=1S/C16H24N2O3/c1-6-12(4)17-16(21-11(2)3)18-15(19)13-8-7-9-14(10-13)20-5/h7-12H,6H2,1-5H3,(H,17,18,19)/t12-/m1/s1. The smallest absolute Gasteiger partial charge is 0.292 e. The van der Waals surface area contributed by atoms with Gasteiger partial charge < -0.3 is 9.47 Å². The van der Waals surface area contributed by atoms with E-state index < -0.39 is 0 Å². The molecule has 0 spiro atoms. The monoisotopic (exact) mass is 292 g/mol. The fraction of sp³-hybridized carbons (Fsp3) is 0.500. The van der Waals surface area contributed by atoms with Gasteiger partial charge in [-0.1, -0.05) is 13.0 Å². The molecule has 0 fully saturated rings. The number of ether oxygens (including phenoxy) is 2. The third-order valence-electron chi connectivity index (χ3n) is 2.83. The Morgan fingerprint density at radius 2 is 2.05 bits per heavy atom. The maximum Gasteiger partial charge on any atom is 0.292 e. The highest BCUT2D eigenvalue weighted by Gasteiger charge is 2.13. The van der Waals surface area contributed by atoms with Crippen LogP contribution in [0.25, 0.3) is 0 Å². The van der Waals surface area contributed by atoms with Crippen molar-refractivity contribution < 1.29 is 14.3 Å². The molecule has 0 saturated heterocycles. The molecule has 0 saturated carbocycles. The Morgan fingerprint density at radius 1 is 1.33 bits per heavy atom. The van der Waals surface area contributed by atoms with Gasteiger partial charge in [-0.05, 0) is 45.4 Å². The second-order valence-electron chi connectivity index (χ2n) is 5.04. The van der Waals surface area contributed by atoms with Crippen LogP contribution in [0.4, 0.5) is 0 Å². The molecule has 0 aliphatic rings. The number of nitrogens with zero attached hydrogens (tertiary/aromatic N) is 1. The van der Waals surface area contributed by atoms with Crippen molar-refractivity contribution in [1.82, 2.24) is 5.32 Å². The van der Waals surface area contributed by atoms with Crippen molar-refractivity contribution in [3.8, 4) is 5.75 Å². The molecule has 1 aromatic rings. The SMILES string of the molecule is CC[C@@H](C)N=C(NC(=O)c1cccc(OC)c1)OC(C)C. The summed E-state index contributed by atoms with van der Waals surface area (Å²) < 4.78 is 10.7. The first-order chi connectivity index (χ1) is 9.96. The molecule has 0 radical (unpaired) electrons. The number of methoxy groups -OCH3 is 1. The maximum atomic E-state index is 12.2. The number of nitrogens with one attached hydrogen (secondary N) is 1. The largest absolute Gasteiger partial charge is 0.497 e. The van der Waals surface area contributed by atoms with Gasteiger partial charge in [-0.3, -0.25) is 10.1 Å². The van der Waals surface area contributed by atoms with Crippen LogP contribution in [0.1, 0.15) is 44.5 Å². The normalized spacial score (nSPS) is 13.0. The van der Waals surface area contributed by atoms with Crippen LogP contribution >= 0.6 is 0 Å². The van der Waals surface area contributed by atoms with Gasteiger partial charge in [0.25, 0.3) is 11.9 Å². The number of aliphatic imine (C=N–C) groups is 1. The second-order valence-corrected chi connectivity index (χ2v) is 5.04. The van der Waals surface area contributed by atoms with E-state index in [1.807, 2.05) is 27.7 Å². The predicted molar refractivity (Wildman–Crippen MR) is 83.9 cm³/mol. The fourth-order valence-electron chi connectivity index (χ4n) is 1.54. The first-order valence-electron chi connectivity index (χ1n) is 7.16. The summed E-state index contributed by atoms with van der Waals surface area (Å²) in [6.45, 7) is 7.79. The lowest BCUT2D eigenvalue weighted by Crippen LogP contribution is -2.35. The Morgan fingerprint density at radius 3 is 2.62 bits per heavy atom. The molecule has 0 unspecified atom stereocenters. The molecule has 0 aliphatic heterocycles. The van der Waals surface area contributed by atoms with Gasteiger partial charge in [-0.15, -0.1) is 0 Å². The average molecular weight is 292 g/mol. The van der Waals surface area contributed by atoms with Gasteiger partial charge in [0.1, 0.15) is 5.75 Å². The molecule has 21 heavy (non-hydrogen) atoms. The van der Waals surface area contributed by atoms with Gasteiger partial charge >= 0.3 is 0 Å². The highest BCUT2D eigenvalue weighted by molar-refractivity contribution is 6.04. The van der Waals surface area contributed by atoms with E-state index >= 15 is 0 Å². The Balaban J connectivity index is 2.86. The number of carbonyl (C=O) groups is 1. The summed E-state index contributed by atoms with van der Waals surface area (Å²) in [4.78, 5) is 16.6. The maximum absolute atomic E-state index is 12.2. The molecule has 5 nitrogen and oxygen atoms in total. The van der Waals surface area contributed by atoms with E-state index in [-0.39, 0.29) is 24.1 Å². The number of hydrogen-bond acceptors (Lipinski definition) is 4. The lowest BCUT2D eigenvalue weighted by molar-refractivity contribution is 0.0959. The van der Waals surface area contributed by atoms with Crippen molar-refractivity contribution in [3.63, 3.8) is 0 Å². The number of amides is 1. The van der Waals surface area contributed by atoms with Crippen molar-refractivity contribution >= 4 is 11.9 Å². The number of rotatable bonds is 5. The summed E-state index contributed by atoms with van der Waals surface area (Å²) in [5.41, 5.74) is 0.499. The van der Waals surface area contributed by atoms with E-state index in [0.717, 1.165) is 6.42 Å². The average Bonchev–Trinajstić information content (AvgIpc) is 2.46. The van der Waals surface area contributed by atoms with Gasteiger partial charge in [-0.2, -0.15) is 0 Å². The highest BCUT2D eigenvalue weighted by atomic mass is 16.5. The number of benzene rings is 1. The quantitative estimate of drug-likeness (QED) is 0.670. The van der Waals surface area contributed by atoms with E-state index in [9.17, 15) is 4.79 Å². The van der Waals surface area contributed by atoms with Gasteiger partial charge in [0, 0.05) is 5.56 Å². The first kappa shape index (κ1) is 17.0. The van der Waals surface area contributed by atoms with Crippen molar-refractivity contribution in [2.75, 3.05) is 7.11 Å². The zero-order chi connectivity index (χ0) is 15.8. The molecule has 0 bridgehead atoms. The van der Waals surface area contributed by atoms with Crippen LogP contribution in [0.15, 0.2) is 29.3 Å². The van der Waals surface area contributed by atoms with Crippen LogP contribution in [-0.4, -0.2) is 31.2 Å². The zero-order valence-electron chi connectivity index (χ0n) is 13.3. The molecule has 1 N–H and O–H groups in total. The Labute approximate surface area is 126 Å². The lowest BCUT2D eigenvalue weighted by atomic mass is 10.2. The van der Waals surface area contributed by atoms with Crippen LogP contribution in [0, 0.1) is 0 Å². The number of carbonyl (C=O) groups excluding carboxylic acids is 1. The summed E-state index contributed by atoms with van der Waals surface area (Å²) in [7, 11) is 1.56. The molecule has 5 heteroatoms. The topological polar surface area (TPSA) is 59.9 Å². The molecule has 0 heterocycles. The van der Waals surface area contributed by atoms with Gasteiger partial charge in [0.05, 0.1) is 19.3 Å². The van der Waals surface area contributed by atoms with E-state index in [4.69, 9.17) is 9.47 Å². The molecule has 1 rings (SSSR count). The third kappa shape index (κ3) is 5.85. The minimum Gasteiger partial charge on any atom is -0.497 e. The van der Waals surface area contributed by atoms with Crippen molar-refractivity contribution in [2.45, 2.75) is 46.3 Å². The van der Waals surface area contributed by atoms with E-state index in [1.165, 1.54) is 0 Å². The van der Waals surface area contributed by atoms with Gasteiger partial charge in [0.15, 0.2) is 0 Å². The van der Waals surface area contributed by atoms with Crippen molar-refractivity contribution in [3.05, 3.63) is 29.8 Å². The third-order valence-corrected chi connectivity index (χ3v) is 2.83. The fourth-order valence-corrected chi connectivity index (χ4v) is 1.54. The molecule has 1 amide bonds. The second kappa shape index (κ2) is 8.29. The van der Waals surface area contributed by atoms with Crippen LogP contribution < -0.4 is 10.1 Å². The van der Waals surface area contributed by atoms with E-state index in [1.54, 1.807) is 31.4 Å². The summed E-state index contributed by atoms with van der Waals surface area (Å²) in [6, 6.07) is 7.29. The summed E-state index contributed by atoms with van der Waals surface area (Å²) in [5, 5.41) is 2.71. The lowest BCUT2D eigenvalue weighted by Gasteiger charge is -2.15. The van der Waals surface area contributed by atoms with Crippen molar-refractivity contribution in [1.29, 1.82) is 0 Å². The summed E-state index contributed by atoms with van der Waals surface area (Å²) >= 11 is 0. The van der Waals surface area contributed by atoms with Crippen LogP contribution in [-0.2, 0) is 4.74 Å². The Kier molecular flexibility index (Phi) is 6.72. The molecule has 1 aromatic carbocycles. The number of hydrogen-bond donors (Lipinski definition) is 1. The van der Waals surface area contributed by atoms with Gasteiger partial charge in [-0.25, -0.2) is 4.99 Å². The summed E-state index contributed by atoms with van der Waals surface area (Å²) in [6.07, 6.45) is 0.818. The van der Waals surface area contributed by atoms with Crippen LogP contribution in [0.2, 0.25) is 0 Å². The molecule has 116 valence electrons. The van der Waals surface area contributed by atoms with Crippen molar-refractivity contribution in [2.24, 2.45) is 4.99 Å². The Bertz CT molecular complexity index is 498. The highest BCUT2D eigenvalue weighted by Crippen LogP contribution is 2.12. The van der Waals surface area contributed by atoms with Gasteiger partial charge in [0.2, 0.25) is 0 Å². The summed E-state index contributed by atoms with van der Waals surface area (Å²) in [5.74, 6) is 0.365.